The average molecular weight is 441 g/mol. The summed E-state index contributed by atoms with van der Waals surface area (Å²) in [7, 11) is -1.16. The first kappa shape index (κ1) is 22.8. The number of methoxy groups -OCH3 is 2. The molecule has 158 valence electrons. The second kappa shape index (κ2) is 9.37. The first-order chi connectivity index (χ1) is 13.6. The number of nitrogens with one attached hydrogen (secondary N) is 2. The number of carbonyl (C=O) groups is 1. The molecule has 2 aromatic carbocycles. The van der Waals surface area contributed by atoms with Gasteiger partial charge < -0.3 is 14.8 Å². The lowest BCUT2D eigenvalue weighted by atomic mass is 10.1. The van der Waals surface area contributed by atoms with Gasteiger partial charge in [-0.3, -0.25) is 9.52 Å². The molecule has 0 aromatic heterocycles. The van der Waals surface area contributed by atoms with E-state index in [1.165, 1.54) is 32.4 Å². The molecule has 0 heterocycles. The van der Waals surface area contributed by atoms with Gasteiger partial charge in [-0.15, -0.1) is 0 Å². The van der Waals surface area contributed by atoms with Crippen LogP contribution in [-0.4, -0.2) is 34.6 Å². The van der Waals surface area contributed by atoms with E-state index in [0.29, 0.717) is 11.3 Å². The van der Waals surface area contributed by atoms with Crippen LogP contribution in [-0.2, 0) is 10.0 Å². The lowest BCUT2D eigenvalue weighted by molar-refractivity contribution is 0.0939. The van der Waals surface area contributed by atoms with Gasteiger partial charge in [0, 0.05) is 17.7 Å². The predicted octanol–water partition coefficient (Wildman–Crippen LogP) is 3.99. The summed E-state index contributed by atoms with van der Waals surface area (Å²) in [6.45, 7) is 5.49. The van der Waals surface area contributed by atoms with Crippen LogP contribution in [0.15, 0.2) is 35.2 Å². The summed E-state index contributed by atoms with van der Waals surface area (Å²) >= 11 is 6.13. The summed E-state index contributed by atoms with van der Waals surface area (Å²) in [5.74, 6) is 0.269. The van der Waals surface area contributed by atoms with Gasteiger partial charge in [-0.2, -0.15) is 0 Å². The van der Waals surface area contributed by atoms with Crippen molar-refractivity contribution in [3.8, 4) is 11.5 Å². The minimum atomic E-state index is -4.01. The van der Waals surface area contributed by atoms with Gasteiger partial charge in [-0.05, 0) is 44.0 Å². The van der Waals surface area contributed by atoms with E-state index in [-0.39, 0.29) is 38.9 Å². The maximum Gasteiger partial charge on any atom is 0.262 e. The zero-order valence-corrected chi connectivity index (χ0v) is 18.6. The molecule has 29 heavy (non-hydrogen) atoms. The average Bonchev–Trinajstić information content (AvgIpc) is 2.67. The normalized spacial score (nSPS) is 12.2. The molecule has 0 spiro atoms. The predicted molar refractivity (Wildman–Crippen MR) is 114 cm³/mol. The van der Waals surface area contributed by atoms with Crippen molar-refractivity contribution in [3.05, 3.63) is 46.5 Å². The minimum absolute atomic E-state index is 0.0108. The maximum absolute atomic E-state index is 13.0. The third kappa shape index (κ3) is 5.33. The van der Waals surface area contributed by atoms with Gasteiger partial charge in [0.25, 0.3) is 15.9 Å². The molecule has 0 bridgehead atoms. The van der Waals surface area contributed by atoms with Crippen molar-refractivity contribution in [1.82, 2.24) is 5.32 Å². The maximum atomic E-state index is 13.0. The van der Waals surface area contributed by atoms with Crippen LogP contribution in [0.2, 0.25) is 5.02 Å². The molecular weight excluding hydrogens is 416 g/mol. The number of amides is 1. The number of sulfonamides is 1. The summed E-state index contributed by atoms with van der Waals surface area (Å²) in [6, 6.07) is 7.42. The Morgan fingerprint density at radius 1 is 1.14 bits per heavy atom. The molecule has 0 saturated heterocycles. The molecule has 7 nitrogen and oxygen atoms in total. The third-order valence-corrected chi connectivity index (χ3v) is 6.25. The summed E-state index contributed by atoms with van der Waals surface area (Å²) < 4.78 is 38.9. The number of carbonyl (C=O) groups excluding carboxylic acids is 1. The van der Waals surface area contributed by atoms with Gasteiger partial charge in [0.05, 0.1) is 29.8 Å². The Bertz CT molecular complexity index is 1010. The van der Waals surface area contributed by atoms with Crippen molar-refractivity contribution in [1.29, 1.82) is 0 Å². The molecule has 0 fully saturated rings. The Kier molecular flexibility index (Phi) is 7.37. The standard InChI is InChI=1S/C20H25ClN2O5S/c1-6-13(3)22-20(24)14-8-7-12(2)19(9-14)29(25,26)23-16-10-15(21)17(27-4)11-18(16)28-5/h7-11,13,23H,6H2,1-5H3,(H,22,24). The number of halogens is 1. The number of hydrogen-bond donors (Lipinski definition) is 2. The Morgan fingerprint density at radius 2 is 1.79 bits per heavy atom. The van der Waals surface area contributed by atoms with Crippen LogP contribution in [0.5, 0.6) is 11.5 Å². The molecule has 2 rings (SSSR count). The Balaban J connectivity index is 2.43. The van der Waals surface area contributed by atoms with Crippen LogP contribution < -0.4 is 19.5 Å². The topological polar surface area (TPSA) is 93.7 Å². The highest BCUT2D eigenvalue weighted by molar-refractivity contribution is 7.92. The number of rotatable bonds is 8. The smallest absolute Gasteiger partial charge is 0.262 e. The number of benzene rings is 2. The molecule has 9 heteroatoms. The number of anilines is 1. The van der Waals surface area contributed by atoms with Gasteiger partial charge in [0.15, 0.2) is 0 Å². The van der Waals surface area contributed by atoms with E-state index in [2.05, 4.69) is 10.0 Å². The number of ether oxygens (including phenoxy) is 2. The quantitative estimate of drug-likeness (QED) is 0.647. The monoisotopic (exact) mass is 440 g/mol. The van der Waals surface area contributed by atoms with Crippen LogP contribution in [0.25, 0.3) is 0 Å². The first-order valence-electron chi connectivity index (χ1n) is 8.98. The van der Waals surface area contributed by atoms with Crippen molar-refractivity contribution in [2.24, 2.45) is 0 Å². The highest BCUT2D eigenvalue weighted by Crippen LogP contribution is 2.37. The van der Waals surface area contributed by atoms with E-state index < -0.39 is 10.0 Å². The van der Waals surface area contributed by atoms with Crippen LogP contribution in [0.1, 0.15) is 36.2 Å². The minimum Gasteiger partial charge on any atom is -0.495 e. The van der Waals surface area contributed by atoms with Crippen LogP contribution in [0, 0.1) is 6.92 Å². The highest BCUT2D eigenvalue weighted by atomic mass is 35.5. The van der Waals surface area contributed by atoms with Gasteiger partial charge in [-0.25, -0.2) is 8.42 Å². The SMILES string of the molecule is CCC(C)NC(=O)c1ccc(C)c(S(=O)(=O)Nc2cc(Cl)c(OC)cc2OC)c1. The van der Waals surface area contributed by atoms with Crippen molar-refractivity contribution in [3.63, 3.8) is 0 Å². The van der Waals surface area contributed by atoms with Gasteiger partial charge in [0.1, 0.15) is 11.5 Å². The fourth-order valence-electron chi connectivity index (χ4n) is 2.58. The molecule has 1 amide bonds. The number of hydrogen-bond acceptors (Lipinski definition) is 5. The number of aryl methyl sites for hydroxylation is 1. The van der Waals surface area contributed by atoms with Crippen molar-refractivity contribution in [2.75, 3.05) is 18.9 Å². The van der Waals surface area contributed by atoms with E-state index in [1.807, 2.05) is 13.8 Å². The second-order valence-corrected chi connectivity index (χ2v) is 8.61. The van der Waals surface area contributed by atoms with Gasteiger partial charge >= 0.3 is 0 Å². The summed E-state index contributed by atoms with van der Waals surface area (Å²) in [5.41, 5.74) is 0.916. The van der Waals surface area contributed by atoms with Crippen molar-refractivity contribution < 1.29 is 22.7 Å². The van der Waals surface area contributed by atoms with Crippen LogP contribution in [0.4, 0.5) is 5.69 Å². The summed E-state index contributed by atoms with van der Waals surface area (Å²) in [4.78, 5) is 12.4. The largest absolute Gasteiger partial charge is 0.495 e. The van der Waals surface area contributed by atoms with Crippen molar-refractivity contribution in [2.45, 2.75) is 38.1 Å². The van der Waals surface area contributed by atoms with E-state index >= 15 is 0 Å². The zero-order chi connectivity index (χ0) is 21.8. The molecule has 2 N–H and O–H groups in total. The molecule has 2 aromatic rings. The molecule has 0 saturated carbocycles. The lowest BCUT2D eigenvalue weighted by Gasteiger charge is -2.16. The second-order valence-electron chi connectivity index (χ2n) is 6.56. The highest BCUT2D eigenvalue weighted by Gasteiger charge is 2.22. The van der Waals surface area contributed by atoms with E-state index in [1.54, 1.807) is 19.1 Å². The van der Waals surface area contributed by atoms with Gasteiger partial charge in [0.2, 0.25) is 0 Å². The molecule has 0 radical (unpaired) electrons. The van der Waals surface area contributed by atoms with Gasteiger partial charge in [-0.1, -0.05) is 24.6 Å². The Hall–Kier alpha value is -2.45. The molecule has 0 aliphatic rings. The molecule has 1 unspecified atom stereocenters. The molecule has 1 atom stereocenters. The lowest BCUT2D eigenvalue weighted by Crippen LogP contribution is -2.32. The Labute approximate surface area is 176 Å². The summed E-state index contributed by atoms with van der Waals surface area (Å²) in [6.07, 6.45) is 0.766. The molecular formula is C20H25ClN2O5S. The van der Waals surface area contributed by atoms with E-state index in [4.69, 9.17) is 21.1 Å². The molecule has 0 aliphatic carbocycles. The van der Waals surface area contributed by atoms with Crippen molar-refractivity contribution >= 4 is 33.2 Å². The van der Waals surface area contributed by atoms with Crippen LogP contribution >= 0.6 is 11.6 Å². The Morgan fingerprint density at radius 3 is 2.38 bits per heavy atom. The van der Waals surface area contributed by atoms with E-state index in [0.717, 1.165) is 6.42 Å². The fraction of sp³-hybridized carbons (Fsp3) is 0.350. The van der Waals surface area contributed by atoms with Crippen LogP contribution in [0.3, 0.4) is 0 Å². The molecule has 0 aliphatic heterocycles. The zero-order valence-electron chi connectivity index (χ0n) is 17.0. The first-order valence-corrected chi connectivity index (χ1v) is 10.8. The van der Waals surface area contributed by atoms with E-state index in [9.17, 15) is 13.2 Å². The fourth-order valence-corrected chi connectivity index (χ4v) is 4.15. The third-order valence-electron chi connectivity index (χ3n) is 4.45. The summed E-state index contributed by atoms with van der Waals surface area (Å²) in [5, 5.41) is 3.05.